The molecule has 1 heterocycles. The van der Waals surface area contributed by atoms with Crippen molar-refractivity contribution in [2.24, 2.45) is 5.92 Å². The number of pyridine rings is 1. The van der Waals surface area contributed by atoms with E-state index in [2.05, 4.69) is 62.0 Å². The molecule has 1 rings (SSSR count). The Labute approximate surface area is 124 Å². The van der Waals surface area contributed by atoms with E-state index in [4.69, 9.17) is 0 Å². The van der Waals surface area contributed by atoms with E-state index in [1.54, 1.807) is 0 Å². The highest BCUT2D eigenvalue weighted by Gasteiger charge is 2.09. The Morgan fingerprint density at radius 3 is 2.45 bits per heavy atom. The molecule has 0 fully saturated rings. The van der Waals surface area contributed by atoms with Crippen LogP contribution >= 0.6 is 0 Å². The van der Waals surface area contributed by atoms with Gasteiger partial charge in [-0.05, 0) is 50.9 Å². The van der Waals surface area contributed by atoms with E-state index in [9.17, 15) is 0 Å². The third kappa shape index (κ3) is 6.49. The van der Waals surface area contributed by atoms with Crippen molar-refractivity contribution < 1.29 is 0 Å². The zero-order valence-corrected chi connectivity index (χ0v) is 13.8. The number of hydrogen-bond acceptors (Lipinski definition) is 3. The Morgan fingerprint density at radius 1 is 1.20 bits per heavy atom. The van der Waals surface area contributed by atoms with Gasteiger partial charge in [0.25, 0.3) is 0 Å². The minimum absolute atomic E-state index is 0.573. The Morgan fingerprint density at radius 2 is 1.95 bits per heavy atom. The molecule has 3 nitrogen and oxygen atoms in total. The van der Waals surface area contributed by atoms with Crippen LogP contribution in [0.25, 0.3) is 0 Å². The predicted octanol–water partition coefficient (Wildman–Crippen LogP) is 3.45. The lowest BCUT2D eigenvalue weighted by Crippen LogP contribution is -2.31. The molecule has 0 radical (unpaired) electrons. The first-order valence-electron chi connectivity index (χ1n) is 7.91. The SMILES string of the molecule is CCCN(Cc1ccc(CNCC(C)C)cn1)C(C)C. The van der Waals surface area contributed by atoms with Gasteiger partial charge in [0.1, 0.15) is 0 Å². The maximum absolute atomic E-state index is 4.60. The van der Waals surface area contributed by atoms with Crippen molar-refractivity contribution in [3.63, 3.8) is 0 Å². The first-order chi connectivity index (χ1) is 9.52. The molecule has 0 aromatic carbocycles. The van der Waals surface area contributed by atoms with E-state index in [0.717, 1.165) is 26.2 Å². The lowest BCUT2D eigenvalue weighted by Gasteiger charge is -2.25. The van der Waals surface area contributed by atoms with E-state index >= 15 is 0 Å². The second-order valence-electron chi connectivity index (χ2n) is 6.25. The average Bonchev–Trinajstić information content (AvgIpc) is 2.39. The van der Waals surface area contributed by atoms with E-state index in [1.807, 2.05) is 6.20 Å². The smallest absolute Gasteiger partial charge is 0.0544 e. The van der Waals surface area contributed by atoms with Gasteiger partial charge in [-0.25, -0.2) is 0 Å². The fourth-order valence-electron chi connectivity index (χ4n) is 2.17. The van der Waals surface area contributed by atoms with E-state index < -0.39 is 0 Å². The summed E-state index contributed by atoms with van der Waals surface area (Å²) < 4.78 is 0. The van der Waals surface area contributed by atoms with E-state index in [1.165, 1.54) is 17.7 Å². The van der Waals surface area contributed by atoms with Crippen LogP contribution in [0.5, 0.6) is 0 Å². The van der Waals surface area contributed by atoms with Crippen LogP contribution in [0.3, 0.4) is 0 Å². The van der Waals surface area contributed by atoms with Crippen LogP contribution in [-0.2, 0) is 13.1 Å². The summed E-state index contributed by atoms with van der Waals surface area (Å²) in [5.74, 6) is 0.691. The van der Waals surface area contributed by atoms with Crippen molar-refractivity contribution in [1.82, 2.24) is 15.2 Å². The highest BCUT2D eigenvalue weighted by Crippen LogP contribution is 2.08. The molecule has 1 aromatic heterocycles. The molecule has 1 aromatic rings. The van der Waals surface area contributed by atoms with Gasteiger partial charge < -0.3 is 5.32 Å². The summed E-state index contributed by atoms with van der Waals surface area (Å²) in [6.07, 6.45) is 3.20. The van der Waals surface area contributed by atoms with Crippen molar-refractivity contribution in [2.45, 2.75) is 60.2 Å². The molecule has 0 atom stereocenters. The minimum atomic E-state index is 0.573. The molecule has 0 spiro atoms. The Hall–Kier alpha value is -0.930. The number of rotatable bonds is 9. The van der Waals surface area contributed by atoms with Gasteiger partial charge >= 0.3 is 0 Å². The predicted molar refractivity (Wildman–Crippen MR) is 86.6 cm³/mol. The van der Waals surface area contributed by atoms with Gasteiger partial charge in [0, 0.05) is 25.3 Å². The zero-order valence-electron chi connectivity index (χ0n) is 13.8. The monoisotopic (exact) mass is 277 g/mol. The lowest BCUT2D eigenvalue weighted by atomic mass is 10.2. The van der Waals surface area contributed by atoms with Gasteiger partial charge in [-0.3, -0.25) is 9.88 Å². The van der Waals surface area contributed by atoms with Gasteiger partial charge in [-0.15, -0.1) is 0 Å². The van der Waals surface area contributed by atoms with Gasteiger partial charge in [0.2, 0.25) is 0 Å². The molecule has 20 heavy (non-hydrogen) atoms. The molecule has 0 aliphatic heterocycles. The van der Waals surface area contributed by atoms with Gasteiger partial charge in [-0.1, -0.05) is 26.8 Å². The van der Waals surface area contributed by atoms with Crippen molar-refractivity contribution in [1.29, 1.82) is 0 Å². The molecule has 0 saturated carbocycles. The summed E-state index contributed by atoms with van der Waals surface area (Å²) in [6, 6.07) is 4.93. The molecule has 1 N–H and O–H groups in total. The quantitative estimate of drug-likeness (QED) is 0.749. The molecule has 0 unspecified atom stereocenters. The summed E-state index contributed by atoms with van der Waals surface area (Å²) in [5.41, 5.74) is 2.43. The molecular formula is C17H31N3. The maximum atomic E-state index is 4.60. The summed E-state index contributed by atoms with van der Waals surface area (Å²) in [5, 5.41) is 3.45. The van der Waals surface area contributed by atoms with Gasteiger partial charge in [0.05, 0.1) is 5.69 Å². The Bertz CT molecular complexity index is 357. The first kappa shape index (κ1) is 17.1. The molecule has 0 amide bonds. The molecule has 0 aliphatic rings. The van der Waals surface area contributed by atoms with Crippen LogP contribution in [0.4, 0.5) is 0 Å². The van der Waals surface area contributed by atoms with Crippen LogP contribution in [0, 0.1) is 5.92 Å². The topological polar surface area (TPSA) is 28.2 Å². The minimum Gasteiger partial charge on any atom is -0.312 e. The van der Waals surface area contributed by atoms with Crippen molar-refractivity contribution >= 4 is 0 Å². The number of nitrogens with zero attached hydrogens (tertiary/aromatic N) is 2. The summed E-state index contributed by atoms with van der Waals surface area (Å²) >= 11 is 0. The molecule has 0 aliphatic carbocycles. The second-order valence-corrected chi connectivity index (χ2v) is 6.25. The Balaban J connectivity index is 2.48. The number of aromatic nitrogens is 1. The number of hydrogen-bond donors (Lipinski definition) is 1. The van der Waals surface area contributed by atoms with Crippen molar-refractivity contribution in [3.05, 3.63) is 29.6 Å². The van der Waals surface area contributed by atoms with Gasteiger partial charge in [-0.2, -0.15) is 0 Å². The summed E-state index contributed by atoms with van der Waals surface area (Å²) in [6.45, 7) is 15.2. The zero-order chi connectivity index (χ0) is 15.0. The van der Waals surface area contributed by atoms with Gasteiger partial charge in [0.15, 0.2) is 0 Å². The average molecular weight is 277 g/mol. The highest BCUT2D eigenvalue weighted by atomic mass is 15.1. The van der Waals surface area contributed by atoms with Crippen LogP contribution in [0.2, 0.25) is 0 Å². The van der Waals surface area contributed by atoms with E-state index in [-0.39, 0.29) is 0 Å². The van der Waals surface area contributed by atoms with Crippen LogP contribution in [0.1, 0.15) is 52.3 Å². The number of nitrogens with one attached hydrogen (secondary N) is 1. The largest absolute Gasteiger partial charge is 0.312 e. The lowest BCUT2D eigenvalue weighted by molar-refractivity contribution is 0.211. The van der Waals surface area contributed by atoms with Crippen LogP contribution in [0.15, 0.2) is 18.3 Å². The standard InChI is InChI=1S/C17H31N3/c1-6-9-20(15(4)5)13-17-8-7-16(12-19-17)11-18-10-14(2)3/h7-8,12,14-15,18H,6,9-11,13H2,1-5H3. The molecule has 0 bridgehead atoms. The third-order valence-corrected chi connectivity index (χ3v) is 3.37. The van der Waals surface area contributed by atoms with Crippen molar-refractivity contribution in [2.75, 3.05) is 13.1 Å². The highest BCUT2D eigenvalue weighted by molar-refractivity contribution is 5.14. The van der Waals surface area contributed by atoms with Crippen LogP contribution in [-0.4, -0.2) is 29.0 Å². The second kappa shape index (κ2) is 9.09. The molecule has 0 saturated heterocycles. The molecular weight excluding hydrogens is 246 g/mol. The fraction of sp³-hybridized carbons (Fsp3) is 0.706. The van der Waals surface area contributed by atoms with E-state index in [0.29, 0.717) is 12.0 Å². The molecule has 114 valence electrons. The normalized spacial score (nSPS) is 11.8. The molecule has 3 heteroatoms. The first-order valence-corrected chi connectivity index (χ1v) is 7.91. The maximum Gasteiger partial charge on any atom is 0.0544 e. The van der Waals surface area contributed by atoms with Crippen molar-refractivity contribution in [3.8, 4) is 0 Å². The summed E-state index contributed by atoms with van der Waals surface area (Å²) in [7, 11) is 0. The third-order valence-electron chi connectivity index (χ3n) is 3.37. The Kier molecular flexibility index (Phi) is 7.78. The fourth-order valence-corrected chi connectivity index (χ4v) is 2.17. The summed E-state index contributed by atoms with van der Waals surface area (Å²) in [4.78, 5) is 7.07. The van der Waals surface area contributed by atoms with Crippen LogP contribution < -0.4 is 5.32 Å².